The quantitative estimate of drug-likeness (QED) is 0.206. The van der Waals surface area contributed by atoms with Crippen LogP contribution < -0.4 is 14.5 Å². The zero-order chi connectivity index (χ0) is 27.0. The first kappa shape index (κ1) is 25.7. The first-order chi connectivity index (χ1) is 18.1. The smallest absolute Gasteiger partial charge is 0.316 e. The zero-order valence-electron chi connectivity index (χ0n) is 21.3. The number of alkyl halides is 2. The molecule has 0 N–H and O–H groups in total. The molecule has 198 valence electrons. The van der Waals surface area contributed by atoms with E-state index in [9.17, 15) is 19.2 Å². The van der Waals surface area contributed by atoms with Gasteiger partial charge in [0.25, 0.3) is 0 Å². The van der Waals surface area contributed by atoms with Gasteiger partial charge in [0.2, 0.25) is 17.7 Å². The summed E-state index contributed by atoms with van der Waals surface area (Å²) in [5.74, 6) is -1.38. The molecule has 7 nitrogen and oxygen atoms in total. The van der Waals surface area contributed by atoms with Crippen LogP contribution in [0, 0.1) is 50.4 Å². The van der Waals surface area contributed by atoms with Crippen LogP contribution in [0.1, 0.15) is 29.5 Å². The molecule has 7 atom stereocenters. The first-order valence-electron chi connectivity index (χ1n) is 12.9. The fourth-order valence-corrected chi connectivity index (χ4v) is 8.73. The number of fused-ring (bicyclic) bond motifs is 5. The lowest BCUT2D eigenvalue weighted by molar-refractivity contribution is -0.139. The molecule has 2 bridgehead atoms. The Kier molecular flexibility index (Phi) is 6.30. The number of hydrogen-bond acceptors (Lipinski definition) is 5. The van der Waals surface area contributed by atoms with Crippen LogP contribution in [0.3, 0.4) is 0 Å². The number of benzene rings is 2. The summed E-state index contributed by atoms with van der Waals surface area (Å²) in [6, 6.07) is 10.8. The maximum atomic E-state index is 13.4. The van der Waals surface area contributed by atoms with Crippen LogP contribution in [-0.4, -0.2) is 39.9 Å². The van der Waals surface area contributed by atoms with Gasteiger partial charge < -0.3 is 9.64 Å². The van der Waals surface area contributed by atoms with Crippen molar-refractivity contribution < 1.29 is 23.9 Å². The van der Waals surface area contributed by atoms with Crippen LogP contribution in [0.25, 0.3) is 0 Å². The lowest BCUT2D eigenvalue weighted by atomic mass is 9.81. The molecule has 2 saturated carbocycles. The predicted molar refractivity (Wildman–Crippen MR) is 150 cm³/mol. The molecule has 3 amide bonds. The van der Waals surface area contributed by atoms with E-state index in [0.717, 1.165) is 23.2 Å². The van der Waals surface area contributed by atoms with Crippen molar-refractivity contribution >= 4 is 66.9 Å². The van der Waals surface area contributed by atoms with Gasteiger partial charge in [-0.3, -0.25) is 19.2 Å². The molecule has 0 aromatic heterocycles. The minimum atomic E-state index is -0.576. The number of anilines is 2. The number of hydrogen-bond donors (Lipinski definition) is 0. The number of amides is 3. The van der Waals surface area contributed by atoms with Crippen molar-refractivity contribution in [1.29, 1.82) is 0 Å². The van der Waals surface area contributed by atoms with Crippen molar-refractivity contribution in [1.82, 2.24) is 0 Å². The van der Waals surface area contributed by atoms with E-state index in [2.05, 4.69) is 31.9 Å². The Morgan fingerprint density at radius 3 is 2.18 bits per heavy atom. The van der Waals surface area contributed by atoms with E-state index in [4.69, 9.17) is 4.74 Å². The zero-order valence-corrected chi connectivity index (χ0v) is 24.5. The van der Waals surface area contributed by atoms with Crippen LogP contribution in [0.5, 0.6) is 5.75 Å². The molecule has 4 fully saturated rings. The molecular weight excluding hydrogens is 616 g/mol. The highest BCUT2D eigenvalue weighted by Gasteiger charge is 2.66. The number of nitrogens with zero attached hydrogens (tertiary/aromatic N) is 2. The third-order valence-corrected chi connectivity index (χ3v) is 12.1. The number of carbonyl (C=O) groups is 4. The van der Waals surface area contributed by atoms with Crippen LogP contribution in [-0.2, 0) is 19.2 Å². The molecule has 0 unspecified atom stereocenters. The lowest BCUT2D eigenvalue weighted by Crippen LogP contribution is -2.37. The molecule has 0 radical (unpaired) electrons. The van der Waals surface area contributed by atoms with Crippen molar-refractivity contribution in [2.24, 2.45) is 29.6 Å². The van der Waals surface area contributed by atoms with Gasteiger partial charge in [-0.15, -0.1) is 0 Å². The van der Waals surface area contributed by atoms with Crippen molar-refractivity contribution in [2.75, 3.05) is 16.3 Å². The number of carbonyl (C=O) groups excluding carboxylic acids is 4. The molecule has 2 aromatic rings. The summed E-state index contributed by atoms with van der Waals surface area (Å²) in [6.45, 7) is 6.04. The first-order valence-corrected chi connectivity index (χ1v) is 14.8. The standard InChI is InChI=1S/C29H28Br2N2O5/c1-13-5-4-6-21(15(13)3)32-12-16(10-22(32)34)29(37)38-17-7-8-20(14(2)9-17)33-27(35)23-18-11-19(24(23)28(33)36)26(31)25(18)30/h4-9,16,18-19,23-26H,10-12H2,1-3H3/t16-,18-,19-,23-,24+,25-,26+/m1/s1. The van der Waals surface area contributed by atoms with Gasteiger partial charge in [0, 0.05) is 28.3 Å². The van der Waals surface area contributed by atoms with Crippen molar-refractivity contribution in [3.63, 3.8) is 0 Å². The average molecular weight is 644 g/mol. The maximum absolute atomic E-state index is 13.4. The highest BCUT2D eigenvalue weighted by molar-refractivity contribution is 9.12. The minimum absolute atomic E-state index is 0.0916. The van der Waals surface area contributed by atoms with E-state index in [1.165, 1.54) is 4.90 Å². The number of ether oxygens (including phenoxy) is 1. The molecule has 0 spiro atoms. The van der Waals surface area contributed by atoms with Gasteiger partial charge in [0.05, 0.1) is 23.4 Å². The lowest BCUT2D eigenvalue weighted by Gasteiger charge is -2.28. The van der Waals surface area contributed by atoms with E-state index < -0.39 is 11.9 Å². The van der Waals surface area contributed by atoms with Crippen LogP contribution in [0.2, 0.25) is 0 Å². The summed E-state index contributed by atoms with van der Waals surface area (Å²) in [6.07, 6.45) is 0.971. The van der Waals surface area contributed by atoms with Crippen molar-refractivity contribution in [2.45, 2.75) is 43.3 Å². The Morgan fingerprint density at radius 1 is 0.895 bits per heavy atom. The molecule has 38 heavy (non-hydrogen) atoms. The molecular formula is C29H28Br2N2O5. The van der Waals surface area contributed by atoms with Crippen LogP contribution in [0.4, 0.5) is 11.4 Å². The monoisotopic (exact) mass is 642 g/mol. The Hall–Kier alpha value is -2.52. The van der Waals surface area contributed by atoms with Gasteiger partial charge in [-0.1, -0.05) is 44.0 Å². The van der Waals surface area contributed by atoms with Gasteiger partial charge in [0.15, 0.2) is 0 Å². The predicted octanol–water partition coefficient (Wildman–Crippen LogP) is 4.85. The number of imide groups is 1. The second-order valence-electron chi connectivity index (χ2n) is 11.0. The Bertz CT molecular complexity index is 1360. The Balaban J connectivity index is 1.17. The molecule has 2 saturated heterocycles. The number of rotatable bonds is 4. The molecule has 2 aromatic carbocycles. The summed E-state index contributed by atoms with van der Waals surface area (Å²) in [4.78, 5) is 55.9. The molecule has 9 heteroatoms. The fourth-order valence-electron chi connectivity index (χ4n) is 6.85. The van der Waals surface area contributed by atoms with Gasteiger partial charge in [0.1, 0.15) is 5.75 Å². The van der Waals surface area contributed by atoms with Gasteiger partial charge in [-0.05, 0) is 80.0 Å². The number of halogens is 2. The van der Waals surface area contributed by atoms with E-state index >= 15 is 0 Å². The largest absolute Gasteiger partial charge is 0.426 e. The highest BCUT2D eigenvalue weighted by atomic mass is 79.9. The molecule has 2 aliphatic heterocycles. The van der Waals surface area contributed by atoms with Gasteiger partial charge >= 0.3 is 5.97 Å². The topological polar surface area (TPSA) is 84.0 Å². The number of esters is 1. The Morgan fingerprint density at radius 2 is 1.55 bits per heavy atom. The summed E-state index contributed by atoms with van der Waals surface area (Å²) in [7, 11) is 0. The normalized spacial score (nSPS) is 31.9. The average Bonchev–Trinajstić information content (AvgIpc) is 3.59. The number of aryl methyl sites for hydroxylation is 2. The minimum Gasteiger partial charge on any atom is -0.426 e. The van der Waals surface area contributed by atoms with Gasteiger partial charge in [-0.25, -0.2) is 4.90 Å². The third kappa shape index (κ3) is 3.79. The fraction of sp³-hybridized carbons (Fsp3) is 0.448. The molecule has 6 rings (SSSR count). The second kappa shape index (κ2) is 9.30. The molecule has 2 heterocycles. The summed E-state index contributed by atoms with van der Waals surface area (Å²) < 4.78 is 5.67. The highest BCUT2D eigenvalue weighted by Crippen LogP contribution is 2.60. The summed E-state index contributed by atoms with van der Waals surface area (Å²) in [5.41, 5.74) is 4.13. The van der Waals surface area contributed by atoms with Crippen LogP contribution in [0.15, 0.2) is 36.4 Å². The van der Waals surface area contributed by atoms with E-state index in [1.807, 2.05) is 32.0 Å². The van der Waals surface area contributed by atoms with E-state index in [0.29, 0.717) is 17.0 Å². The molecule has 4 aliphatic rings. The SMILES string of the molecule is Cc1cc(OC(=O)[C@@H]2CC(=O)N(c3cccc(C)c3C)C2)ccc1N1C(=O)[C@@H]2[C@H]3C[C@@H]([C@H](Br)[C@@H]3Br)[C@@H]2C1=O. The second-order valence-corrected chi connectivity index (χ2v) is 13.1. The third-order valence-electron chi connectivity index (χ3n) is 8.94. The summed E-state index contributed by atoms with van der Waals surface area (Å²) >= 11 is 7.44. The van der Waals surface area contributed by atoms with Crippen molar-refractivity contribution in [3.8, 4) is 5.75 Å². The van der Waals surface area contributed by atoms with Gasteiger partial charge in [-0.2, -0.15) is 0 Å². The molecule has 2 aliphatic carbocycles. The Labute approximate surface area is 238 Å². The van der Waals surface area contributed by atoms with E-state index in [1.54, 1.807) is 30.0 Å². The van der Waals surface area contributed by atoms with Crippen LogP contribution >= 0.6 is 31.9 Å². The van der Waals surface area contributed by atoms with E-state index in [-0.39, 0.29) is 64.0 Å². The maximum Gasteiger partial charge on any atom is 0.316 e. The summed E-state index contributed by atoms with van der Waals surface area (Å²) in [5, 5.41) is 0. The van der Waals surface area contributed by atoms with Crippen molar-refractivity contribution in [3.05, 3.63) is 53.1 Å².